The van der Waals surface area contributed by atoms with Gasteiger partial charge < -0.3 is 9.64 Å². The van der Waals surface area contributed by atoms with E-state index in [9.17, 15) is 14.4 Å². The number of hydrogen-bond donors (Lipinski definition) is 0. The first-order chi connectivity index (χ1) is 20.0. The van der Waals surface area contributed by atoms with E-state index in [0.29, 0.717) is 34.6 Å². The molecule has 0 radical (unpaired) electrons. The third-order valence-corrected chi connectivity index (χ3v) is 8.84. The molecule has 1 saturated heterocycles. The van der Waals surface area contributed by atoms with Crippen LogP contribution in [0.1, 0.15) is 60.6 Å². The number of fused-ring (bicyclic) bond motifs is 5. The number of para-hydroxylation sites is 1. The lowest BCUT2D eigenvalue weighted by atomic mass is 9.64. The van der Waals surface area contributed by atoms with Crippen LogP contribution in [0.4, 0.5) is 5.69 Å². The fourth-order valence-electron chi connectivity index (χ4n) is 7.24. The van der Waals surface area contributed by atoms with Gasteiger partial charge in [0.1, 0.15) is 17.2 Å². The van der Waals surface area contributed by atoms with Crippen LogP contribution in [0.5, 0.6) is 5.75 Å². The average molecular weight is 540 g/mol. The van der Waals surface area contributed by atoms with Crippen molar-refractivity contribution in [2.45, 2.75) is 31.8 Å². The molecule has 1 aliphatic carbocycles. The number of carbonyl (C=O) groups is 3. The minimum atomic E-state index is -1.55. The van der Waals surface area contributed by atoms with Crippen molar-refractivity contribution >= 4 is 29.1 Å². The minimum absolute atomic E-state index is 0.137. The van der Waals surface area contributed by atoms with Crippen molar-refractivity contribution < 1.29 is 19.1 Å². The van der Waals surface area contributed by atoms with Gasteiger partial charge in [-0.15, -0.1) is 0 Å². The van der Waals surface area contributed by atoms with Crippen molar-refractivity contribution in [3.05, 3.63) is 137 Å². The molecule has 0 N–H and O–H groups in total. The largest absolute Gasteiger partial charge is 0.494 e. The summed E-state index contributed by atoms with van der Waals surface area (Å²) in [4.78, 5) is 46.3. The van der Waals surface area contributed by atoms with Crippen LogP contribution in [-0.4, -0.2) is 36.0 Å². The van der Waals surface area contributed by atoms with E-state index in [-0.39, 0.29) is 17.3 Å². The Kier molecular flexibility index (Phi) is 5.79. The van der Waals surface area contributed by atoms with E-state index in [2.05, 4.69) is 6.07 Å². The SMILES string of the molecule is CCOc1ccccc1[C@@H]1[C@@H](C(=O)c2ccccc2)N2c3ccc(C)cc3C=CC2C12C(=O)c1ccccc1C2=O. The average Bonchev–Trinajstić information content (AvgIpc) is 3.43. The Balaban J connectivity index is 1.57. The molecule has 4 aromatic rings. The molecule has 202 valence electrons. The van der Waals surface area contributed by atoms with Crippen LogP contribution in [0.25, 0.3) is 6.08 Å². The quantitative estimate of drug-likeness (QED) is 0.208. The van der Waals surface area contributed by atoms with Gasteiger partial charge in [0, 0.05) is 33.9 Å². The van der Waals surface area contributed by atoms with Gasteiger partial charge in [-0.2, -0.15) is 0 Å². The number of hydrogen-bond acceptors (Lipinski definition) is 5. The third kappa shape index (κ3) is 3.45. The number of anilines is 1. The maximum atomic E-state index is 14.8. The number of Topliss-reactive ketones (excluding diaryl/α,β-unsaturated/α-hetero) is 3. The van der Waals surface area contributed by atoms with Gasteiger partial charge in [0.05, 0.1) is 12.6 Å². The van der Waals surface area contributed by atoms with E-state index in [0.717, 1.165) is 16.8 Å². The zero-order valence-corrected chi connectivity index (χ0v) is 22.9. The van der Waals surface area contributed by atoms with Crippen LogP contribution >= 0.6 is 0 Å². The third-order valence-electron chi connectivity index (χ3n) is 8.84. The molecule has 2 aliphatic heterocycles. The van der Waals surface area contributed by atoms with Gasteiger partial charge in [-0.3, -0.25) is 14.4 Å². The molecule has 41 heavy (non-hydrogen) atoms. The highest BCUT2D eigenvalue weighted by Crippen LogP contribution is 2.62. The topological polar surface area (TPSA) is 63.7 Å². The summed E-state index contributed by atoms with van der Waals surface area (Å²) >= 11 is 0. The van der Waals surface area contributed by atoms with E-state index < -0.39 is 23.4 Å². The molecule has 3 aliphatic rings. The molecule has 0 amide bonds. The summed E-state index contributed by atoms with van der Waals surface area (Å²) in [5, 5.41) is 0. The Bertz CT molecular complexity index is 1720. The maximum Gasteiger partial charge on any atom is 0.185 e. The zero-order valence-electron chi connectivity index (χ0n) is 22.9. The zero-order chi connectivity index (χ0) is 28.3. The Morgan fingerprint density at radius 3 is 2.22 bits per heavy atom. The summed E-state index contributed by atoms with van der Waals surface area (Å²) in [6.07, 6.45) is 3.95. The van der Waals surface area contributed by atoms with E-state index in [1.807, 2.05) is 85.5 Å². The molecule has 1 fully saturated rings. The van der Waals surface area contributed by atoms with Gasteiger partial charge in [0.25, 0.3) is 0 Å². The lowest BCUT2D eigenvalue weighted by Crippen LogP contribution is -2.48. The minimum Gasteiger partial charge on any atom is -0.494 e. The molecule has 4 aromatic carbocycles. The van der Waals surface area contributed by atoms with Crippen LogP contribution < -0.4 is 9.64 Å². The molecule has 0 saturated carbocycles. The standard InChI is InChI=1S/C36H29NO4/c1-3-41-29-16-10-9-15-27(29)31-32(33(38)23-11-5-4-6-12-23)37-28-19-17-22(2)21-24(28)18-20-30(37)36(31)34(39)25-13-7-8-14-26(25)35(36)40/h4-21,30-32H,3H2,1-2H3/t30?,31-,32+/m1/s1. The second-order valence-corrected chi connectivity index (χ2v) is 11.0. The van der Waals surface area contributed by atoms with Gasteiger partial charge >= 0.3 is 0 Å². The molecular weight excluding hydrogens is 510 g/mol. The Labute approximate surface area is 239 Å². The predicted octanol–water partition coefficient (Wildman–Crippen LogP) is 6.71. The predicted molar refractivity (Wildman–Crippen MR) is 159 cm³/mol. The van der Waals surface area contributed by atoms with E-state index >= 15 is 0 Å². The van der Waals surface area contributed by atoms with Gasteiger partial charge in [0.15, 0.2) is 17.3 Å². The molecule has 2 heterocycles. The fraction of sp³-hybridized carbons (Fsp3) is 0.194. The summed E-state index contributed by atoms with van der Waals surface area (Å²) in [6.45, 7) is 4.34. The first-order valence-electron chi connectivity index (χ1n) is 14.0. The molecule has 1 spiro atoms. The van der Waals surface area contributed by atoms with Crippen LogP contribution in [0.2, 0.25) is 0 Å². The Morgan fingerprint density at radius 2 is 1.51 bits per heavy atom. The Hall–Kier alpha value is -4.77. The van der Waals surface area contributed by atoms with Crippen LogP contribution in [0, 0.1) is 12.3 Å². The number of ether oxygens (including phenoxy) is 1. The number of benzene rings is 4. The van der Waals surface area contributed by atoms with E-state index in [1.165, 1.54) is 0 Å². The van der Waals surface area contributed by atoms with Gasteiger partial charge in [0.2, 0.25) is 0 Å². The second-order valence-electron chi connectivity index (χ2n) is 11.0. The molecule has 5 heteroatoms. The summed E-state index contributed by atoms with van der Waals surface area (Å²) in [7, 11) is 0. The molecule has 5 nitrogen and oxygen atoms in total. The number of carbonyl (C=O) groups excluding carboxylic acids is 3. The molecule has 1 unspecified atom stereocenters. The highest BCUT2D eigenvalue weighted by Gasteiger charge is 2.71. The van der Waals surface area contributed by atoms with Crippen LogP contribution in [0.15, 0.2) is 103 Å². The molecule has 3 atom stereocenters. The highest BCUT2D eigenvalue weighted by atomic mass is 16.5. The lowest BCUT2D eigenvalue weighted by molar-refractivity contribution is 0.0664. The van der Waals surface area contributed by atoms with Crippen molar-refractivity contribution in [2.24, 2.45) is 5.41 Å². The Morgan fingerprint density at radius 1 is 0.854 bits per heavy atom. The second kappa shape index (κ2) is 9.41. The van der Waals surface area contributed by atoms with Crippen molar-refractivity contribution in [1.29, 1.82) is 0 Å². The normalized spacial score (nSPS) is 21.5. The van der Waals surface area contributed by atoms with E-state index in [4.69, 9.17) is 4.74 Å². The van der Waals surface area contributed by atoms with Crippen molar-refractivity contribution in [3.8, 4) is 5.75 Å². The molecule has 0 bridgehead atoms. The van der Waals surface area contributed by atoms with Crippen LogP contribution in [-0.2, 0) is 0 Å². The van der Waals surface area contributed by atoms with Crippen LogP contribution in [0.3, 0.4) is 0 Å². The van der Waals surface area contributed by atoms with Crippen molar-refractivity contribution in [1.82, 2.24) is 0 Å². The fourth-order valence-corrected chi connectivity index (χ4v) is 7.24. The summed E-state index contributed by atoms with van der Waals surface area (Å²) in [5.74, 6) is -0.842. The maximum absolute atomic E-state index is 14.8. The summed E-state index contributed by atoms with van der Waals surface area (Å²) in [5.41, 5.74) is 3.37. The molecule has 0 aromatic heterocycles. The van der Waals surface area contributed by atoms with Crippen molar-refractivity contribution in [2.75, 3.05) is 11.5 Å². The van der Waals surface area contributed by atoms with Gasteiger partial charge in [-0.1, -0.05) is 96.6 Å². The molecule has 7 rings (SSSR count). The smallest absolute Gasteiger partial charge is 0.185 e. The van der Waals surface area contributed by atoms with Gasteiger partial charge in [-0.05, 0) is 37.6 Å². The summed E-state index contributed by atoms with van der Waals surface area (Å²) in [6, 6.07) is 28.3. The lowest BCUT2D eigenvalue weighted by Gasteiger charge is -2.37. The number of rotatable bonds is 5. The number of aryl methyl sites for hydroxylation is 1. The van der Waals surface area contributed by atoms with E-state index in [1.54, 1.807) is 36.4 Å². The summed E-state index contributed by atoms with van der Waals surface area (Å²) < 4.78 is 6.10. The number of ketones is 3. The molecular formula is C36H29NO4. The van der Waals surface area contributed by atoms with Gasteiger partial charge in [-0.25, -0.2) is 0 Å². The van der Waals surface area contributed by atoms with Crippen molar-refractivity contribution in [3.63, 3.8) is 0 Å². The number of nitrogens with zero attached hydrogens (tertiary/aromatic N) is 1. The highest BCUT2D eigenvalue weighted by molar-refractivity contribution is 6.32. The first-order valence-corrected chi connectivity index (χ1v) is 14.0. The first kappa shape index (κ1) is 25.2. The monoisotopic (exact) mass is 539 g/mol.